The van der Waals surface area contributed by atoms with Crippen molar-refractivity contribution in [2.75, 3.05) is 37.9 Å². The maximum absolute atomic E-state index is 13.9. The predicted molar refractivity (Wildman–Crippen MR) is 153 cm³/mol. The van der Waals surface area contributed by atoms with E-state index in [4.69, 9.17) is 9.47 Å². The molecular formula is C29H41N3O6S. The van der Waals surface area contributed by atoms with Crippen molar-refractivity contribution in [1.29, 1.82) is 0 Å². The number of anilines is 1. The van der Waals surface area contributed by atoms with Gasteiger partial charge in [-0.3, -0.25) is 13.9 Å². The minimum Gasteiger partial charge on any atom is -0.497 e. The number of carbonyl (C=O) groups is 2. The standard InChI is InChI=1S/C29H41N3O6S/c1-5-25(29(34)30-23-14-10-7-11-15-23)31(19-18-22-12-8-6-9-13-22)28(33)21-32(39(4,35)36)26-17-16-24(37-2)20-27(26)38-3/h6,8-9,12-13,16-17,20,23,25H,5,7,10-11,14-15,18-19,21H2,1-4H3,(H,30,34). The molecule has 0 aromatic heterocycles. The molecule has 9 nitrogen and oxygen atoms in total. The van der Waals surface area contributed by atoms with Gasteiger partial charge in [0.1, 0.15) is 24.1 Å². The smallest absolute Gasteiger partial charge is 0.244 e. The molecule has 0 aliphatic heterocycles. The summed E-state index contributed by atoms with van der Waals surface area (Å²) in [6.07, 6.45) is 7.16. The Morgan fingerprint density at radius 2 is 1.72 bits per heavy atom. The Morgan fingerprint density at radius 1 is 1.03 bits per heavy atom. The fourth-order valence-corrected chi connectivity index (χ4v) is 5.88. The summed E-state index contributed by atoms with van der Waals surface area (Å²) >= 11 is 0. The third kappa shape index (κ3) is 8.36. The molecule has 1 atom stereocenters. The molecule has 1 unspecified atom stereocenters. The maximum atomic E-state index is 13.9. The zero-order valence-electron chi connectivity index (χ0n) is 23.4. The van der Waals surface area contributed by atoms with Gasteiger partial charge in [0.05, 0.1) is 26.2 Å². The second kappa shape index (κ2) is 14.2. The van der Waals surface area contributed by atoms with Gasteiger partial charge in [-0.1, -0.05) is 56.5 Å². The van der Waals surface area contributed by atoms with Crippen LogP contribution in [0, 0.1) is 0 Å². The van der Waals surface area contributed by atoms with Crippen LogP contribution in [0.3, 0.4) is 0 Å². The molecule has 0 bridgehead atoms. The molecule has 1 aliphatic carbocycles. The fraction of sp³-hybridized carbons (Fsp3) is 0.517. The average Bonchev–Trinajstić information content (AvgIpc) is 2.94. The van der Waals surface area contributed by atoms with Crippen LogP contribution in [0.5, 0.6) is 11.5 Å². The summed E-state index contributed by atoms with van der Waals surface area (Å²) in [7, 11) is -0.951. The van der Waals surface area contributed by atoms with E-state index in [0.717, 1.165) is 41.8 Å². The van der Waals surface area contributed by atoms with Crippen LogP contribution in [-0.4, -0.2) is 70.8 Å². The third-order valence-corrected chi connectivity index (χ3v) is 8.28. The third-order valence-electron chi connectivity index (χ3n) is 7.16. The number of hydrogen-bond acceptors (Lipinski definition) is 6. The highest BCUT2D eigenvalue weighted by molar-refractivity contribution is 7.92. The zero-order valence-corrected chi connectivity index (χ0v) is 24.2. The second-order valence-corrected chi connectivity index (χ2v) is 11.8. The summed E-state index contributed by atoms with van der Waals surface area (Å²) in [5, 5.41) is 3.15. The van der Waals surface area contributed by atoms with Gasteiger partial charge in [0.25, 0.3) is 0 Å². The van der Waals surface area contributed by atoms with Crippen molar-refractivity contribution >= 4 is 27.5 Å². The minimum atomic E-state index is -3.88. The monoisotopic (exact) mass is 559 g/mol. The normalized spacial score (nSPS) is 14.8. The molecule has 2 amide bonds. The number of carbonyl (C=O) groups excluding carboxylic acids is 2. The van der Waals surface area contributed by atoms with Crippen molar-refractivity contribution in [3.05, 3.63) is 54.1 Å². The van der Waals surface area contributed by atoms with E-state index in [9.17, 15) is 18.0 Å². The zero-order chi connectivity index (χ0) is 28.4. The summed E-state index contributed by atoms with van der Waals surface area (Å²) in [5.41, 5.74) is 1.24. The van der Waals surface area contributed by atoms with E-state index in [1.54, 1.807) is 18.2 Å². The highest BCUT2D eigenvalue weighted by atomic mass is 32.2. The SMILES string of the molecule is CCC(C(=O)NC1CCCCC1)N(CCc1ccccc1)C(=O)CN(c1ccc(OC)cc1OC)S(C)(=O)=O. The maximum Gasteiger partial charge on any atom is 0.244 e. The van der Waals surface area contributed by atoms with Gasteiger partial charge < -0.3 is 19.7 Å². The molecule has 1 fully saturated rings. The van der Waals surface area contributed by atoms with Crippen LogP contribution in [0.2, 0.25) is 0 Å². The van der Waals surface area contributed by atoms with Gasteiger partial charge in [-0.05, 0) is 43.4 Å². The first-order chi connectivity index (χ1) is 18.7. The van der Waals surface area contributed by atoms with E-state index >= 15 is 0 Å². The van der Waals surface area contributed by atoms with E-state index in [0.29, 0.717) is 18.6 Å². The summed E-state index contributed by atoms with van der Waals surface area (Å²) in [6, 6.07) is 13.8. The van der Waals surface area contributed by atoms with Crippen LogP contribution in [0.4, 0.5) is 5.69 Å². The van der Waals surface area contributed by atoms with E-state index in [-0.39, 0.29) is 29.9 Å². The Labute approximate surface area is 232 Å². The summed E-state index contributed by atoms with van der Waals surface area (Å²) in [4.78, 5) is 28.9. The summed E-state index contributed by atoms with van der Waals surface area (Å²) in [6.45, 7) is 1.68. The minimum absolute atomic E-state index is 0.0995. The molecule has 2 aromatic carbocycles. The van der Waals surface area contributed by atoms with Gasteiger partial charge in [0, 0.05) is 18.7 Å². The summed E-state index contributed by atoms with van der Waals surface area (Å²) in [5.74, 6) is 0.0920. The highest BCUT2D eigenvalue weighted by Crippen LogP contribution is 2.33. The number of hydrogen-bond donors (Lipinski definition) is 1. The Hall–Kier alpha value is -3.27. The van der Waals surface area contributed by atoms with Crippen LogP contribution < -0.4 is 19.1 Å². The lowest BCUT2D eigenvalue weighted by atomic mass is 9.95. The topological polar surface area (TPSA) is 105 Å². The number of nitrogens with zero attached hydrogens (tertiary/aromatic N) is 2. The molecular weight excluding hydrogens is 518 g/mol. The average molecular weight is 560 g/mol. The van der Waals surface area contributed by atoms with Crippen molar-refractivity contribution in [3.63, 3.8) is 0 Å². The van der Waals surface area contributed by atoms with Crippen LogP contribution in [0.1, 0.15) is 51.0 Å². The lowest BCUT2D eigenvalue weighted by molar-refractivity contribution is -0.140. The van der Waals surface area contributed by atoms with E-state index < -0.39 is 28.5 Å². The molecule has 10 heteroatoms. The van der Waals surface area contributed by atoms with Crippen molar-refractivity contribution in [3.8, 4) is 11.5 Å². The molecule has 0 heterocycles. The number of ether oxygens (including phenoxy) is 2. The van der Waals surface area contributed by atoms with Gasteiger partial charge in [-0.15, -0.1) is 0 Å². The number of nitrogens with one attached hydrogen (secondary N) is 1. The van der Waals surface area contributed by atoms with E-state index in [1.165, 1.54) is 25.5 Å². The lowest BCUT2D eigenvalue weighted by Gasteiger charge is -2.34. The first-order valence-electron chi connectivity index (χ1n) is 13.5. The first-order valence-corrected chi connectivity index (χ1v) is 15.4. The van der Waals surface area contributed by atoms with Crippen LogP contribution in [0.25, 0.3) is 0 Å². The Morgan fingerprint density at radius 3 is 2.31 bits per heavy atom. The van der Waals surface area contributed by atoms with Crippen molar-refractivity contribution < 1.29 is 27.5 Å². The molecule has 1 aliphatic rings. The second-order valence-electron chi connectivity index (χ2n) is 9.90. The molecule has 1 saturated carbocycles. The summed E-state index contributed by atoms with van der Waals surface area (Å²) < 4.78 is 37.5. The molecule has 0 spiro atoms. The van der Waals surface area contributed by atoms with Gasteiger partial charge >= 0.3 is 0 Å². The molecule has 0 radical (unpaired) electrons. The lowest BCUT2D eigenvalue weighted by Crippen LogP contribution is -2.54. The molecule has 3 rings (SSSR count). The number of benzene rings is 2. The highest BCUT2D eigenvalue weighted by Gasteiger charge is 2.33. The van der Waals surface area contributed by atoms with Gasteiger partial charge in [-0.25, -0.2) is 8.42 Å². The molecule has 214 valence electrons. The number of methoxy groups -OCH3 is 2. The molecule has 2 aromatic rings. The molecule has 1 N–H and O–H groups in total. The molecule has 0 saturated heterocycles. The number of amides is 2. The van der Waals surface area contributed by atoms with Crippen LogP contribution in [0.15, 0.2) is 48.5 Å². The number of rotatable bonds is 13. The number of sulfonamides is 1. The quantitative estimate of drug-likeness (QED) is 0.401. The van der Waals surface area contributed by atoms with Gasteiger partial charge in [0.15, 0.2) is 0 Å². The molecule has 39 heavy (non-hydrogen) atoms. The van der Waals surface area contributed by atoms with Crippen molar-refractivity contribution in [1.82, 2.24) is 10.2 Å². The predicted octanol–water partition coefficient (Wildman–Crippen LogP) is 3.77. The van der Waals surface area contributed by atoms with Gasteiger partial charge in [-0.2, -0.15) is 0 Å². The fourth-order valence-electron chi connectivity index (χ4n) is 5.03. The largest absolute Gasteiger partial charge is 0.497 e. The van der Waals surface area contributed by atoms with E-state index in [1.807, 2.05) is 37.3 Å². The Kier molecular flexibility index (Phi) is 11.0. The van der Waals surface area contributed by atoms with Crippen LogP contribution in [-0.2, 0) is 26.0 Å². The first kappa shape index (κ1) is 30.3. The van der Waals surface area contributed by atoms with Crippen molar-refractivity contribution in [2.45, 2.75) is 64.0 Å². The van der Waals surface area contributed by atoms with Gasteiger partial charge in [0.2, 0.25) is 21.8 Å². The van der Waals surface area contributed by atoms with Crippen molar-refractivity contribution in [2.24, 2.45) is 0 Å². The Bertz CT molecular complexity index is 1200. The van der Waals surface area contributed by atoms with Crippen LogP contribution >= 0.6 is 0 Å². The van der Waals surface area contributed by atoms with E-state index in [2.05, 4.69) is 5.32 Å². The Balaban J connectivity index is 1.91.